The first-order chi connectivity index (χ1) is 12.1. The van der Waals surface area contributed by atoms with Crippen molar-refractivity contribution in [2.75, 3.05) is 24.9 Å². The van der Waals surface area contributed by atoms with Crippen LogP contribution in [0.4, 0.5) is 16.5 Å². The van der Waals surface area contributed by atoms with Crippen molar-refractivity contribution >= 4 is 33.7 Å². The SMILES string of the molecule is COc1cc(NC(=O)Nc2nnc(-c3ccc(Br)o3)o2)cc(OC)c1. The van der Waals surface area contributed by atoms with E-state index >= 15 is 0 Å². The van der Waals surface area contributed by atoms with Crippen LogP contribution >= 0.6 is 15.9 Å². The van der Waals surface area contributed by atoms with Gasteiger partial charge < -0.3 is 23.6 Å². The Morgan fingerprint density at radius 3 is 2.36 bits per heavy atom. The minimum absolute atomic E-state index is 0.0742. The van der Waals surface area contributed by atoms with Gasteiger partial charge in [0.25, 0.3) is 5.89 Å². The number of halogens is 1. The molecule has 0 atom stereocenters. The van der Waals surface area contributed by atoms with Gasteiger partial charge in [0, 0.05) is 23.9 Å². The minimum atomic E-state index is -0.564. The molecule has 3 rings (SSSR count). The summed E-state index contributed by atoms with van der Waals surface area (Å²) in [4.78, 5) is 12.1. The van der Waals surface area contributed by atoms with E-state index in [1.54, 1.807) is 30.3 Å². The van der Waals surface area contributed by atoms with Gasteiger partial charge in [0.05, 0.1) is 14.2 Å². The monoisotopic (exact) mass is 408 g/mol. The normalized spacial score (nSPS) is 10.4. The van der Waals surface area contributed by atoms with E-state index in [1.807, 2.05) is 0 Å². The first-order valence-electron chi connectivity index (χ1n) is 6.97. The molecular formula is C15H13BrN4O5. The van der Waals surface area contributed by atoms with Crippen LogP contribution in [0.15, 0.2) is 43.8 Å². The number of rotatable bonds is 5. The molecule has 0 bridgehead atoms. The van der Waals surface area contributed by atoms with Crippen LogP contribution in [-0.4, -0.2) is 30.4 Å². The summed E-state index contributed by atoms with van der Waals surface area (Å²) in [7, 11) is 3.04. The first kappa shape index (κ1) is 16.8. The van der Waals surface area contributed by atoms with Gasteiger partial charge in [-0.25, -0.2) is 4.79 Å². The second kappa shape index (κ2) is 7.26. The van der Waals surface area contributed by atoms with Crippen LogP contribution in [0, 0.1) is 0 Å². The molecule has 0 aliphatic heterocycles. The molecule has 0 saturated heterocycles. The zero-order chi connectivity index (χ0) is 17.8. The number of ether oxygens (including phenoxy) is 2. The molecule has 0 radical (unpaired) electrons. The second-order valence-electron chi connectivity index (χ2n) is 4.70. The summed E-state index contributed by atoms with van der Waals surface area (Å²) in [5.41, 5.74) is 0.475. The third-order valence-electron chi connectivity index (χ3n) is 3.04. The summed E-state index contributed by atoms with van der Waals surface area (Å²) in [6, 6.07) is 7.68. The summed E-state index contributed by atoms with van der Waals surface area (Å²) < 4.78 is 21.4. The zero-order valence-corrected chi connectivity index (χ0v) is 14.8. The fourth-order valence-electron chi connectivity index (χ4n) is 1.94. The molecule has 0 spiro atoms. The number of furan rings is 1. The van der Waals surface area contributed by atoms with E-state index in [0.717, 1.165) is 0 Å². The Balaban J connectivity index is 1.68. The Bertz CT molecular complexity index is 869. The average Bonchev–Trinajstić information content (AvgIpc) is 3.23. The third kappa shape index (κ3) is 4.10. The minimum Gasteiger partial charge on any atom is -0.497 e. The van der Waals surface area contributed by atoms with Gasteiger partial charge in [0.15, 0.2) is 10.4 Å². The predicted molar refractivity (Wildman–Crippen MR) is 91.9 cm³/mol. The summed E-state index contributed by atoms with van der Waals surface area (Å²) in [5.74, 6) is 1.60. The number of urea groups is 1. The van der Waals surface area contributed by atoms with Crippen LogP contribution in [0.2, 0.25) is 0 Å². The number of benzene rings is 1. The number of amides is 2. The van der Waals surface area contributed by atoms with Crippen molar-refractivity contribution in [3.05, 3.63) is 35.0 Å². The highest BCUT2D eigenvalue weighted by Crippen LogP contribution is 2.27. The summed E-state index contributed by atoms with van der Waals surface area (Å²) in [5, 5.41) is 12.6. The van der Waals surface area contributed by atoms with Crippen molar-refractivity contribution in [2.45, 2.75) is 0 Å². The Hall–Kier alpha value is -3.01. The molecule has 0 aliphatic carbocycles. The number of carbonyl (C=O) groups is 1. The fourth-order valence-corrected chi connectivity index (χ4v) is 2.25. The van der Waals surface area contributed by atoms with Gasteiger partial charge in [-0.2, -0.15) is 0 Å². The van der Waals surface area contributed by atoms with Crippen molar-refractivity contribution in [1.29, 1.82) is 0 Å². The zero-order valence-electron chi connectivity index (χ0n) is 13.2. The van der Waals surface area contributed by atoms with E-state index in [4.69, 9.17) is 18.3 Å². The second-order valence-corrected chi connectivity index (χ2v) is 5.48. The molecule has 25 heavy (non-hydrogen) atoms. The highest BCUT2D eigenvalue weighted by Gasteiger charge is 2.14. The van der Waals surface area contributed by atoms with Crippen LogP contribution in [0.25, 0.3) is 11.7 Å². The number of hydrogen-bond donors (Lipinski definition) is 2. The van der Waals surface area contributed by atoms with Crippen molar-refractivity contribution in [3.8, 4) is 23.1 Å². The lowest BCUT2D eigenvalue weighted by atomic mass is 10.3. The van der Waals surface area contributed by atoms with Crippen molar-refractivity contribution in [2.24, 2.45) is 0 Å². The summed E-state index contributed by atoms with van der Waals surface area (Å²) >= 11 is 3.18. The number of aromatic nitrogens is 2. The van der Waals surface area contributed by atoms with Gasteiger partial charge in [0.1, 0.15) is 11.5 Å². The van der Waals surface area contributed by atoms with Crippen LogP contribution in [0.5, 0.6) is 11.5 Å². The van der Waals surface area contributed by atoms with Crippen LogP contribution in [-0.2, 0) is 0 Å². The molecule has 2 aromatic heterocycles. The Kier molecular flexibility index (Phi) is 4.89. The predicted octanol–water partition coefficient (Wildman–Crippen LogP) is 3.75. The van der Waals surface area contributed by atoms with Gasteiger partial charge in [-0.05, 0) is 28.1 Å². The van der Waals surface area contributed by atoms with E-state index in [2.05, 4.69) is 36.8 Å². The van der Waals surface area contributed by atoms with E-state index < -0.39 is 6.03 Å². The molecule has 0 fully saturated rings. The maximum Gasteiger partial charge on any atom is 0.327 e. The maximum absolute atomic E-state index is 12.1. The number of anilines is 2. The lowest BCUT2D eigenvalue weighted by molar-refractivity contribution is 0.261. The first-order valence-corrected chi connectivity index (χ1v) is 7.77. The molecule has 3 aromatic rings. The number of carbonyl (C=O) groups excluding carboxylic acids is 1. The van der Waals surface area contributed by atoms with Crippen LogP contribution in [0.3, 0.4) is 0 Å². The highest BCUT2D eigenvalue weighted by atomic mass is 79.9. The molecule has 0 aliphatic rings. The van der Waals surface area contributed by atoms with E-state index in [0.29, 0.717) is 27.6 Å². The van der Waals surface area contributed by atoms with E-state index in [1.165, 1.54) is 14.2 Å². The smallest absolute Gasteiger partial charge is 0.327 e. The van der Waals surface area contributed by atoms with E-state index in [-0.39, 0.29) is 11.9 Å². The van der Waals surface area contributed by atoms with Crippen LogP contribution in [0.1, 0.15) is 0 Å². The third-order valence-corrected chi connectivity index (χ3v) is 3.46. The number of nitrogens with zero attached hydrogens (tertiary/aromatic N) is 2. The maximum atomic E-state index is 12.1. The van der Waals surface area contributed by atoms with Crippen LogP contribution < -0.4 is 20.1 Å². The molecular weight excluding hydrogens is 396 g/mol. The topological polar surface area (TPSA) is 112 Å². The molecule has 10 heteroatoms. The van der Waals surface area contributed by atoms with Gasteiger partial charge in [-0.3, -0.25) is 5.32 Å². The van der Waals surface area contributed by atoms with Gasteiger partial charge in [-0.1, -0.05) is 5.10 Å². The molecule has 2 heterocycles. The molecule has 2 amide bonds. The molecule has 0 saturated carbocycles. The Morgan fingerprint density at radius 2 is 1.76 bits per heavy atom. The van der Waals surface area contributed by atoms with Crippen molar-refractivity contribution in [3.63, 3.8) is 0 Å². The quantitative estimate of drug-likeness (QED) is 0.660. The fraction of sp³-hybridized carbons (Fsp3) is 0.133. The summed E-state index contributed by atoms with van der Waals surface area (Å²) in [6.45, 7) is 0. The van der Waals surface area contributed by atoms with Crippen molar-refractivity contribution in [1.82, 2.24) is 10.2 Å². The molecule has 1 aromatic carbocycles. The highest BCUT2D eigenvalue weighted by molar-refractivity contribution is 9.10. The van der Waals surface area contributed by atoms with Crippen molar-refractivity contribution < 1.29 is 23.1 Å². The lowest BCUT2D eigenvalue weighted by Crippen LogP contribution is -2.19. The number of methoxy groups -OCH3 is 2. The lowest BCUT2D eigenvalue weighted by Gasteiger charge is -2.09. The van der Waals surface area contributed by atoms with E-state index in [9.17, 15) is 4.79 Å². The molecule has 9 nitrogen and oxygen atoms in total. The van der Waals surface area contributed by atoms with Gasteiger partial charge in [0.2, 0.25) is 0 Å². The number of hydrogen-bond acceptors (Lipinski definition) is 7. The standard InChI is InChI=1S/C15H13BrN4O5/c1-22-9-5-8(6-10(7-9)23-2)17-14(21)18-15-20-19-13(25-15)11-3-4-12(16)24-11/h3-7H,1-2H3,(H2,17,18,20,21). The molecule has 130 valence electrons. The Labute approximate surface area is 150 Å². The Morgan fingerprint density at radius 1 is 1.04 bits per heavy atom. The number of nitrogens with one attached hydrogen (secondary N) is 2. The average molecular weight is 409 g/mol. The molecule has 0 unspecified atom stereocenters. The van der Waals surface area contributed by atoms with Gasteiger partial charge >= 0.3 is 12.0 Å². The summed E-state index contributed by atoms with van der Waals surface area (Å²) in [6.07, 6.45) is 0. The molecule has 2 N–H and O–H groups in total. The largest absolute Gasteiger partial charge is 0.497 e. The van der Waals surface area contributed by atoms with Gasteiger partial charge in [-0.15, -0.1) is 5.10 Å².